The van der Waals surface area contributed by atoms with Crippen molar-refractivity contribution in [2.75, 3.05) is 7.11 Å². The third-order valence-corrected chi connectivity index (χ3v) is 4.59. The van der Waals surface area contributed by atoms with Crippen molar-refractivity contribution >= 4 is 23.0 Å². The van der Waals surface area contributed by atoms with Crippen LogP contribution in [0, 0.1) is 18.3 Å². The second-order valence-electron chi connectivity index (χ2n) is 5.51. The Morgan fingerprint density at radius 1 is 1.24 bits per heavy atom. The van der Waals surface area contributed by atoms with Gasteiger partial charge in [0.25, 0.3) is 0 Å². The van der Waals surface area contributed by atoms with Gasteiger partial charge < -0.3 is 9.84 Å². The lowest BCUT2D eigenvalue weighted by atomic mass is 10.1. The first-order valence-electron chi connectivity index (χ1n) is 7.62. The first-order valence-corrected chi connectivity index (χ1v) is 8.50. The topological polar surface area (TPSA) is 66.1 Å². The van der Waals surface area contributed by atoms with Crippen molar-refractivity contribution in [3.63, 3.8) is 0 Å². The Morgan fingerprint density at radius 2 is 2.00 bits per heavy atom. The summed E-state index contributed by atoms with van der Waals surface area (Å²) < 4.78 is 5.03. The third-order valence-electron chi connectivity index (χ3n) is 3.72. The molecule has 3 rings (SSSR count). The highest BCUT2D eigenvalue weighted by Crippen LogP contribution is 2.30. The molecule has 1 N–H and O–H groups in total. The summed E-state index contributed by atoms with van der Waals surface area (Å²) >= 11 is 1.42. The van der Waals surface area contributed by atoms with Crippen LogP contribution in [0.15, 0.2) is 47.8 Å². The summed E-state index contributed by atoms with van der Waals surface area (Å²) in [6.45, 7) is 2.04. The number of hydrogen-bond acceptors (Lipinski definition) is 5. The smallest absolute Gasteiger partial charge is 0.160 e. The predicted octanol–water partition coefficient (Wildman–Crippen LogP) is 4.90. The number of nitriles is 1. The Balaban J connectivity index is 1.92. The molecule has 124 valence electrons. The molecule has 0 amide bonds. The molecule has 0 fully saturated rings. The Hall–Kier alpha value is -3.10. The summed E-state index contributed by atoms with van der Waals surface area (Å²) in [6, 6.07) is 15.3. The van der Waals surface area contributed by atoms with Crippen molar-refractivity contribution in [2.24, 2.45) is 0 Å². The molecular weight excluding hydrogens is 332 g/mol. The number of hydrogen-bond donors (Lipinski definition) is 1. The number of aromatic nitrogens is 1. The molecule has 0 saturated carbocycles. The average molecular weight is 348 g/mol. The molecule has 0 radical (unpaired) electrons. The van der Waals surface area contributed by atoms with E-state index in [-0.39, 0.29) is 5.75 Å². The van der Waals surface area contributed by atoms with Gasteiger partial charge >= 0.3 is 0 Å². The van der Waals surface area contributed by atoms with Gasteiger partial charge in [-0.05, 0) is 30.7 Å². The molecule has 0 unspecified atom stereocenters. The van der Waals surface area contributed by atoms with Crippen LogP contribution in [0.1, 0.15) is 16.1 Å². The van der Waals surface area contributed by atoms with E-state index in [4.69, 9.17) is 4.74 Å². The van der Waals surface area contributed by atoms with Crippen molar-refractivity contribution in [1.82, 2.24) is 4.98 Å². The number of nitrogens with zero attached hydrogens (tertiary/aromatic N) is 2. The monoisotopic (exact) mass is 348 g/mol. The number of benzene rings is 2. The molecule has 0 aliphatic carbocycles. The van der Waals surface area contributed by atoms with Crippen LogP contribution in [0.25, 0.3) is 22.9 Å². The van der Waals surface area contributed by atoms with E-state index in [9.17, 15) is 10.4 Å². The Morgan fingerprint density at radius 3 is 2.64 bits per heavy atom. The van der Waals surface area contributed by atoms with E-state index in [1.165, 1.54) is 24.0 Å². The van der Waals surface area contributed by atoms with Gasteiger partial charge in [0, 0.05) is 10.9 Å². The number of phenols is 1. The minimum atomic E-state index is 0.0352. The number of rotatable bonds is 4. The van der Waals surface area contributed by atoms with Crippen molar-refractivity contribution in [2.45, 2.75) is 6.92 Å². The zero-order valence-corrected chi connectivity index (χ0v) is 14.7. The highest BCUT2D eigenvalue weighted by Gasteiger charge is 2.10. The summed E-state index contributed by atoms with van der Waals surface area (Å²) in [5.41, 5.74) is 4.22. The Bertz CT molecular complexity index is 966. The molecule has 0 spiro atoms. The maximum absolute atomic E-state index is 9.87. The normalized spacial score (nSPS) is 11.2. The lowest BCUT2D eigenvalue weighted by Crippen LogP contribution is -1.85. The maximum Gasteiger partial charge on any atom is 0.160 e. The zero-order valence-electron chi connectivity index (χ0n) is 13.9. The first kappa shape index (κ1) is 16.7. The largest absolute Gasteiger partial charge is 0.504 e. The molecule has 0 saturated heterocycles. The molecule has 5 heteroatoms. The van der Waals surface area contributed by atoms with Gasteiger partial charge in [-0.3, -0.25) is 0 Å². The predicted molar refractivity (Wildman–Crippen MR) is 100 cm³/mol. The standard InChI is InChI=1S/C20H16N2O2S/c1-13-3-6-15(7-4-13)17-12-25-20(22-17)16(11-21)9-14-5-8-19(24-2)18(23)10-14/h3-10,12,23H,1-2H3/b16-9+. The fourth-order valence-electron chi connectivity index (χ4n) is 2.36. The van der Waals surface area contributed by atoms with Crippen molar-refractivity contribution < 1.29 is 9.84 Å². The van der Waals surface area contributed by atoms with Gasteiger partial charge in [0.15, 0.2) is 11.5 Å². The Labute approximate surface area is 150 Å². The van der Waals surface area contributed by atoms with Gasteiger partial charge in [-0.2, -0.15) is 5.26 Å². The number of allylic oxidation sites excluding steroid dienone is 1. The van der Waals surface area contributed by atoms with E-state index in [1.54, 1.807) is 24.3 Å². The molecule has 4 nitrogen and oxygen atoms in total. The van der Waals surface area contributed by atoms with Gasteiger partial charge in [-0.25, -0.2) is 4.98 Å². The molecule has 1 aromatic heterocycles. The second-order valence-corrected chi connectivity index (χ2v) is 6.36. The average Bonchev–Trinajstić information content (AvgIpc) is 3.10. The number of phenolic OH excluding ortho intramolecular Hbond substituents is 1. The van der Waals surface area contributed by atoms with Crippen LogP contribution in [-0.2, 0) is 0 Å². The van der Waals surface area contributed by atoms with Crippen LogP contribution < -0.4 is 4.74 Å². The molecule has 0 aliphatic rings. The van der Waals surface area contributed by atoms with Crippen LogP contribution >= 0.6 is 11.3 Å². The molecule has 0 aliphatic heterocycles. The van der Waals surface area contributed by atoms with Gasteiger partial charge in [-0.15, -0.1) is 11.3 Å². The first-order chi connectivity index (χ1) is 12.1. The fraction of sp³-hybridized carbons (Fsp3) is 0.100. The van der Waals surface area contributed by atoms with E-state index in [0.717, 1.165) is 11.3 Å². The summed E-state index contributed by atoms with van der Waals surface area (Å²) in [7, 11) is 1.49. The van der Waals surface area contributed by atoms with E-state index in [2.05, 4.69) is 11.1 Å². The maximum atomic E-state index is 9.87. The fourth-order valence-corrected chi connectivity index (χ4v) is 3.15. The van der Waals surface area contributed by atoms with E-state index in [0.29, 0.717) is 21.9 Å². The summed E-state index contributed by atoms with van der Waals surface area (Å²) in [4.78, 5) is 4.57. The highest BCUT2D eigenvalue weighted by molar-refractivity contribution is 7.11. The number of aromatic hydroxyl groups is 1. The van der Waals surface area contributed by atoms with Gasteiger partial charge in [0.2, 0.25) is 0 Å². The molecule has 0 atom stereocenters. The van der Waals surface area contributed by atoms with Gasteiger partial charge in [0.1, 0.15) is 11.1 Å². The van der Waals surface area contributed by atoms with Crippen molar-refractivity contribution in [1.29, 1.82) is 5.26 Å². The summed E-state index contributed by atoms with van der Waals surface area (Å²) in [5, 5.41) is 21.9. The summed E-state index contributed by atoms with van der Waals surface area (Å²) in [5.74, 6) is 0.430. The number of methoxy groups -OCH3 is 1. The van der Waals surface area contributed by atoms with Crippen molar-refractivity contribution in [3.8, 4) is 28.8 Å². The third kappa shape index (κ3) is 3.70. The number of aryl methyl sites for hydroxylation is 1. The Kier molecular flexibility index (Phi) is 4.82. The second kappa shape index (κ2) is 7.20. The van der Waals surface area contributed by atoms with E-state index >= 15 is 0 Å². The van der Waals surface area contributed by atoms with Gasteiger partial charge in [0.05, 0.1) is 18.4 Å². The zero-order chi connectivity index (χ0) is 17.8. The molecule has 3 aromatic rings. The minimum absolute atomic E-state index is 0.0352. The van der Waals surface area contributed by atoms with Crippen molar-refractivity contribution in [3.05, 3.63) is 64.0 Å². The number of thiazole rings is 1. The SMILES string of the molecule is COc1ccc(/C=C(\C#N)c2nc(-c3ccc(C)cc3)cs2)cc1O. The van der Waals surface area contributed by atoms with E-state index in [1.807, 2.05) is 36.6 Å². The van der Waals surface area contributed by atoms with Crippen LogP contribution in [0.2, 0.25) is 0 Å². The summed E-state index contributed by atoms with van der Waals surface area (Å²) in [6.07, 6.45) is 1.71. The van der Waals surface area contributed by atoms with Crippen LogP contribution in [0.4, 0.5) is 0 Å². The van der Waals surface area contributed by atoms with Crippen LogP contribution in [0.5, 0.6) is 11.5 Å². The lowest BCUT2D eigenvalue weighted by Gasteiger charge is -2.03. The molecule has 0 bridgehead atoms. The molecular formula is C20H16N2O2S. The highest BCUT2D eigenvalue weighted by atomic mass is 32.1. The van der Waals surface area contributed by atoms with E-state index < -0.39 is 0 Å². The van der Waals surface area contributed by atoms with Gasteiger partial charge in [-0.1, -0.05) is 35.9 Å². The van der Waals surface area contributed by atoms with Crippen LogP contribution in [0.3, 0.4) is 0 Å². The lowest BCUT2D eigenvalue weighted by molar-refractivity contribution is 0.373. The molecule has 2 aromatic carbocycles. The molecule has 25 heavy (non-hydrogen) atoms. The molecule has 1 heterocycles. The van der Waals surface area contributed by atoms with Crippen LogP contribution in [-0.4, -0.2) is 17.2 Å². The quantitative estimate of drug-likeness (QED) is 0.681. The minimum Gasteiger partial charge on any atom is -0.504 e. The number of ether oxygens (including phenoxy) is 1.